The molecule has 0 aliphatic heterocycles. The zero-order chi connectivity index (χ0) is 19.1. The Bertz CT molecular complexity index is 360. The van der Waals surface area contributed by atoms with E-state index in [4.69, 9.17) is 0 Å². The maximum absolute atomic E-state index is 11.6. The molecule has 0 radical (unpaired) electrons. The van der Waals surface area contributed by atoms with Crippen molar-refractivity contribution in [3.8, 4) is 0 Å². The third kappa shape index (κ3) is 10.7. The summed E-state index contributed by atoms with van der Waals surface area (Å²) in [4.78, 5) is 11.6. The first-order chi connectivity index (χ1) is 11.9. The monoisotopic (exact) mass is 356 g/mol. The zero-order valence-electron chi connectivity index (χ0n) is 17.0. The minimum atomic E-state index is -0.699. The molecule has 0 rings (SSSR count). The number of carbonyl (C=O) groups is 1. The molecule has 0 aliphatic carbocycles. The van der Waals surface area contributed by atoms with E-state index in [0.29, 0.717) is 25.9 Å². The molecule has 0 bridgehead atoms. The SMILES string of the molecule is CCC/C=C/CC(O)C[N+](CCCC)(CCCC)CC(CC)C(=O)O. The lowest BCUT2D eigenvalue weighted by atomic mass is 10.0. The number of aliphatic carboxylic acids is 1. The smallest absolute Gasteiger partial charge is 0.312 e. The summed E-state index contributed by atoms with van der Waals surface area (Å²) in [5, 5.41) is 20.1. The van der Waals surface area contributed by atoms with E-state index in [1.807, 2.05) is 6.92 Å². The number of nitrogens with zero attached hydrogens (tertiary/aromatic N) is 1. The predicted molar refractivity (Wildman–Crippen MR) is 106 cm³/mol. The molecule has 0 aromatic carbocycles. The van der Waals surface area contributed by atoms with E-state index in [1.54, 1.807) is 0 Å². The number of unbranched alkanes of at least 4 members (excludes halogenated alkanes) is 3. The average molecular weight is 357 g/mol. The molecule has 0 saturated carbocycles. The summed E-state index contributed by atoms with van der Waals surface area (Å²) in [6.07, 6.45) is 11.7. The van der Waals surface area contributed by atoms with Crippen LogP contribution in [0.2, 0.25) is 0 Å². The van der Waals surface area contributed by atoms with Gasteiger partial charge >= 0.3 is 5.97 Å². The van der Waals surface area contributed by atoms with Gasteiger partial charge in [-0.1, -0.05) is 59.1 Å². The van der Waals surface area contributed by atoms with Crippen molar-refractivity contribution in [2.75, 3.05) is 26.2 Å². The van der Waals surface area contributed by atoms with Gasteiger partial charge in [-0.05, 0) is 32.1 Å². The van der Waals surface area contributed by atoms with Crippen LogP contribution >= 0.6 is 0 Å². The zero-order valence-corrected chi connectivity index (χ0v) is 17.0. The fourth-order valence-corrected chi connectivity index (χ4v) is 3.45. The molecule has 4 nitrogen and oxygen atoms in total. The van der Waals surface area contributed by atoms with Gasteiger partial charge in [-0.3, -0.25) is 4.79 Å². The summed E-state index contributed by atoms with van der Waals surface area (Å²) in [5.41, 5.74) is 0. The molecule has 0 heterocycles. The van der Waals surface area contributed by atoms with Crippen LogP contribution in [0.25, 0.3) is 0 Å². The van der Waals surface area contributed by atoms with Crippen LogP contribution in [0.3, 0.4) is 0 Å². The van der Waals surface area contributed by atoms with Crippen LogP contribution in [0.1, 0.15) is 79.1 Å². The van der Waals surface area contributed by atoms with Gasteiger partial charge in [0.15, 0.2) is 0 Å². The molecule has 0 aliphatic rings. The number of allylic oxidation sites excluding steroid dienone is 1. The van der Waals surface area contributed by atoms with Gasteiger partial charge in [-0.25, -0.2) is 0 Å². The summed E-state index contributed by atoms with van der Waals surface area (Å²) in [6, 6.07) is 0. The lowest BCUT2D eigenvalue weighted by Crippen LogP contribution is -2.56. The van der Waals surface area contributed by atoms with E-state index < -0.39 is 12.1 Å². The molecular weight excluding hydrogens is 314 g/mol. The van der Waals surface area contributed by atoms with Gasteiger partial charge in [0.05, 0.1) is 19.6 Å². The van der Waals surface area contributed by atoms with Crippen LogP contribution in [-0.4, -0.2) is 52.9 Å². The highest BCUT2D eigenvalue weighted by Crippen LogP contribution is 2.20. The molecule has 4 heteroatoms. The molecular formula is C21H42NO3+. The van der Waals surface area contributed by atoms with Gasteiger partial charge in [0, 0.05) is 0 Å². The van der Waals surface area contributed by atoms with Crippen molar-refractivity contribution in [1.82, 2.24) is 0 Å². The average Bonchev–Trinajstić information content (AvgIpc) is 2.59. The Morgan fingerprint density at radius 2 is 1.56 bits per heavy atom. The number of aliphatic hydroxyl groups is 1. The normalized spacial score (nSPS) is 14.8. The maximum atomic E-state index is 11.6. The van der Waals surface area contributed by atoms with Crippen molar-refractivity contribution in [2.24, 2.45) is 5.92 Å². The third-order valence-electron chi connectivity index (χ3n) is 5.05. The number of hydrogen-bond donors (Lipinski definition) is 2. The van der Waals surface area contributed by atoms with Gasteiger partial charge in [0.2, 0.25) is 0 Å². The highest BCUT2D eigenvalue weighted by molar-refractivity contribution is 5.69. The Hall–Kier alpha value is -0.870. The standard InChI is InChI=1S/C21H41NO3/c1-5-9-12-13-14-20(23)18-22(15-10-6-2,16-11-7-3)17-19(8-4)21(24)25/h12-13,19-20,23H,5-11,14-18H2,1-4H3/p+1/b13-12+. The number of rotatable bonds is 16. The second-order valence-corrected chi connectivity index (χ2v) is 7.45. The first-order valence-corrected chi connectivity index (χ1v) is 10.4. The van der Waals surface area contributed by atoms with Crippen molar-refractivity contribution in [2.45, 2.75) is 85.2 Å². The van der Waals surface area contributed by atoms with Crippen LogP contribution in [-0.2, 0) is 4.79 Å². The van der Waals surface area contributed by atoms with Crippen molar-refractivity contribution in [3.05, 3.63) is 12.2 Å². The van der Waals surface area contributed by atoms with Crippen molar-refractivity contribution in [1.29, 1.82) is 0 Å². The molecule has 0 aromatic rings. The third-order valence-corrected chi connectivity index (χ3v) is 5.05. The summed E-state index contributed by atoms with van der Waals surface area (Å²) in [5.74, 6) is -1.02. The molecule has 2 N–H and O–H groups in total. The Morgan fingerprint density at radius 3 is 2.00 bits per heavy atom. The van der Waals surface area contributed by atoms with Crippen molar-refractivity contribution >= 4 is 5.97 Å². The fourth-order valence-electron chi connectivity index (χ4n) is 3.45. The lowest BCUT2D eigenvalue weighted by molar-refractivity contribution is -0.933. The van der Waals surface area contributed by atoms with Crippen molar-refractivity contribution in [3.63, 3.8) is 0 Å². The molecule has 0 fully saturated rings. The Balaban J connectivity index is 5.17. The number of carboxylic acid groups (broad SMARTS) is 1. The summed E-state index contributed by atoms with van der Waals surface area (Å²) in [7, 11) is 0. The lowest BCUT2D eigenvalue weighted by Gasteiger charge is -2.42. The maximum Gasteiger partial charge on any atom is 0.312 e. The quantitative estimate of drug-likeness (QED) is 0.313. The van der Waals surface area contributed by atoms with E-state index in [-0.39, 0.29) is 5.92 Å². The second-order valence-electron chi connectivity index (χ2n) is 7.45. The Kier molecular flexibility index (Phi) is 13.8. The number of aliphatic hydroxyl groups excluding tert-OH is 1. The highest BCUT2D eigenvalue weighted by atomic mass is 16.4. The number of carboxylic acids is 1. The predicted octanol–water partition coefficient (Wildman–Crippen LogP) is 4.62. The molecule has 148 valence electrons. The molecule has 25 heavy (non-hydrogen) atoms. The van der Waals surface area contributed by atoms with Gasteiger partial charge < -0.3 is 14.7 Å². The van der Waals surface area contributed by atoms with E-state index >= 15 is 0 Å². The van der Waals surface area contributed by atoms with E-state index in [2.05, 4.69) is 32.9 Å². The summed E-state index contributed by atoms with van der Waals surface area (Å²) < 4.78 is 0.745. The van der Waals surface area contributed by atoms with E-state index in [9.17, 15) is 15.0 Å². The van der Waals surface area contributed by atoms with Crippen LogP contribution in [0.15, 0.2) is 12.2 Å². The van der Waals surface area contributed by atoms with Gasteiger partial charge in [0.1, 0.15) is 18.6 Å². The summed E-state index contributed by atoms with van der Waals surface area (Å²) >= 11 is 0. The Morgan fingerprint density at radius 1 is 0.960 bits per heavy atom. The van der Waals surface area contributed by atoms with Gasteiger partial charge in [0.25, 0.3) is 0 Å². The topological polar surface area (TPSA) is 57.5 Å². The number of quaternary nitrogens is 1. The molecule has 0 saturated heterocycles. The van der Waals surface area contributed by atoms with E-state index in [1.165, 1.54) is 0 Å². The largest absolute Gasteiger partial charge is 0.481 e. The van der Waals surface area contributed by atoms with Crippen LogP contribution in [0.4, 0.5) is 0 Å². The number of hydrogen-bond acceptors (Lipinski definition) is 2. The molecule has 0 aromatic heterocycles. The highest BCUT2D eigenvalue weighted by Gasteiger charge is 2.34. The second kappa shape index (κ2) is 14.3. The van der Waals surface area contributed by atoms with E-state index in [0.717, 1.165) is 56.1 Å². The van der Waals surface area contributed by atoms with Gasteiger partial charge in [-0.2, -0.15) is 0 Å². The molecule has 0 spiro atoms. The first kappa shape index (κ1) is 24.1. The Labute approximate surface area is 155 Å². The first-order valence-electron chi connectivity index (χ1n) is 10.4. The fraction of sp³-hybridized carbons (Fsp3) is 0.857. The van der Waals surface area contributed by atoms with Crippen molar-refractivity contribution < 1.29 is 19.5 Å². The van der Waals surface area contributed by atoms with Gasteiger partial charge in [-0.15, -0.1) is 0 Å². The molecule has 0 amide bonds. The van der Waals surface area contributed by atoms with Crippen LogP contribution < -0.4 is 0 Å². The molecule has 2 atom stereocenters. The minimum absolute atomic E-state index is 0.323. The van der Waals surface area contributed by atoms with Crippen LogP contribution in [0, 0.1) is 5.92 Å². The van der Waals surface area contributed by atoms with Crippen LogP contribution in [0.5, 0.6) is 0 Å². The molecule has 2 unspecified atom stereocenters. The minimum Gasteiger partial charge on any atom is -0.481 e. The summed E-state index contributed by atoms with van der Waals surface area (Å²) in [6.45, 7) is 11.7.